The van der Waals surface area contributed by atoms with Gasteiger partial charge in [0.15, 0.2) is 0 Å². The third-order valence-corrected chi connectivity index (χ3v) is 4.10. The lowest BCUT2D eigenvalue weighted by Gasteiger charge is -2.28. The van der Waals surface area contributed by atoms with E-state index in [-0.39, 0.29) is 11.9 Å². The average Bonchev–Trinajstić information content (AvgIpc) is 2.67. The number of pyridine rings is 1. The van der Waals surface area contributed by atoms with Crippen LogP contribution in [-0.4, -0.2) is 43.1 Å². The molecule has 7 nitrogen and oxygen atoms in total. The summed E-state index contributed by atoms with van der Waals surface area (Å²) in [6.07, 6.45) is 1.63. The SMILES string of the molecule is CCOC(=O)c1cccnc1NCc1ccc(N2CCNC(=O)C2)cc1. The highest BCUT2D eigenvalue weighted by atomic mass is 16.5. The van der Waals surface area contributed by atoms with E-state index in [1.807, 2.05) is 29.2 Å². The minimum Gasteiger partial charge on any atom is -0.462 e. The van der Waals surface area contributed by atoms with Crippen LogP contribution >= 0.6 is 0 Å². The number of ether oxygens (including phenoxy) is 1. The van der Waals surface area contributed by atoms with Gasteiger partial charge in [0.05, 0.1) is 13.2 Å². The summed E-state index contributed by atoms with van der Waals surface area (Å²) in [5, 5.41) is 6.00. The Hall–Kier alpha value is -3.09. The molecule has 1 saturated heterocycles. The number of carbonyl (C=O) groups excluding carboxylic acids is 2. The maximum Gasteiger partial charge on any atom is 0.341 e. The van der Waals surface area contributed by atoms with Crippen molar-refractivity contribution in [3.8, 4) is 0 Å². The zero-order chi connectivity index (χ0) is 18.4. The van der Waals surface area contributed by atoms with Gasteiger partial charge in [-0.2, -0.15) is 0 Å². The lowest BCUT2D eigenvalue weighted by Crippen LogP contribution is -2.47. The molecule has 2 aromatic rings. The second-order valence-corrected chi connectivity index (χ2v) is 5.91. The molecule has 2 heterocycles. The molecule has 0 unspecified atom stereocenters. The van der Waals surface area contributed by atoms with Crippen LogP contribution in [0.3, 0.4) is 0 Å². The molecule has 1 amide bonds. The van der Waals surface area contributed by atoms with E-state index < -0.39 is 0 Å². The van der Waals surface area contributed by atoms with E-state index in [4.69, 9.17) is 4.74 Å². The van der Waals surface area contributed by atoms with Crippen LogP contribution in [0.5, 0.6) is 0 Å². The third-order valence-electron chi connectivity index (χ3n) is 4.10. The number of piperazine rings is 1. The normalized spacial score (nSPS) is 13.9. The third kappa shape index (κ3) is 4.30. The summed E-state index contributed by atoms with van der Waals surface area (Å²) < 4.78 is 5.06. The lowest BCUT2D eigenvalue weighted by atomic mass is 10.1. The van der Waals surface area contributed by atoms with Crippen LogP contribution in [0.15, 0.2) is 42.6 Å². The standard InChI is InChI=1S/C19H22N4O3/c1-2-26-19(25)16-4-3-9-21-18(16)22-12-14-5-7-15(8-6-14)23-11-10-20-17(24)13-23/h3-9H,2,10-13H2,1H3,(H,20,24)(H,21,22). The van der Waals surface area contributed by atoms with E-state index in [0.29, 0.717) is 37.6 Å². The van der Waals surface area contributed by atoms with Crippen molar-refractivity contribution in [3.63, 3.8) is 0 Å². The molecule has 136 valence electrons. The number of benzene rings is 1. The van der Waals surface area contributed by atoms with Gasteiger partial charge in [-0.1, -0.05) is 12.1 Å². The van der Waals surface area contributed by atoms with E-state index >= 15 is 0 Å². The number of hydrogen-bond donors (Lipinski definition) is 2. The van der Waals surface area contributed by atoms with E-state index in [0.717, 1.165) is 17.8 Å². The minimum absolute atomic E-state index is 0.0450. The smallest absolute Gasteiger partial charge is 0.341 e. The number of nitrogens with zero attached hydrogens (tertiary/aromatic N) is 2. The van der Waals surface area contributed by atoms with Gasteiger partial charge < -0.3 is 20.3 Å². The molecule has 0 saturated carbocycles. The van der Waals surface area contributed by atoms with Gasteiger partial charge in [-0.3, -0.25) is 4.79 Å². The predicted octanol–water partition coefficient (Wildman–Crippen LogP) is 1.81. The Morgan fingerprint density at radius 3 is 2.85 bits per heavy atom. The van der Waals surface area contributed by atoms with Crippen LogP contribution < -0.4 is 15.5 Å². The largest absolute Gasteiger partial charge is 0.462 e. The molecule has 1 aromatic carbocycles. The molecule has 1 fully saturated rings. The number of rotatable bonds is 6. The molecule has 26 heavy (non-hydrogen) atoms. The summed E-state index contributed by atoms with van der Waals surface area (Å²) >= 11 is 0. The first-order valence-electron chi connectivity index (χ1n) is 8.64. The molecule has 3 rings (SSSR count). The molecule has 1 aliphatic rings. The molecule has 0 aliphatic carbocycles. The molecule has 0 spiro atoms. The quantitative estimate of drug-likeness (QED) is 0.770. The van der Waals surface area contributed by atoms with E-state index in [1.54, 1.807) is 25.3 Å². The predicted molar refractivity (Wildman–Crippen MR) is 99.2 cm³/mol. The second-order valence-electron chi connectivity index (χ2n) is 5.91. The van der Waals surface area contributed by atoms with Crippen LogP contribution in [-0.2, 0) is 16.1 Å². The maximum absolute atomic E-state index is 12.0. The Kier molecular flexibility index (Phi) is 5.68. The Balaban J connectivity index is 1.64. The summed E-state index contributed by atoms with van der Waals surface area (Å²) in [6.45, 7) is 4.48. The topological polar surface area (TPSA) is 83.6 Å². The van der Waals surface area contributed by atoms with Crippen LogP contribution in [0.1, 0.15) is 22.8 Å². The Morgan fingerprint density at radius 2 is 2.12 bits per heavy atom. The van der Waals surface area contributed by atoms with Crippen molar-refractivity contribution in [2.45, 2.75) is 13.5 Å². The van der Waals surface area contributed by atoms with Crippen molar-refractivity contribution in [2.24, 2.45) is 0 Å². The lowest BCUT2D eigenvalue weighted by molar-refractivity contribution is -0.120. The summed E-state index contributed by atoms with van der Waals surface area (Å²) in [5.41, 5.74) is 2.50. The summed E-state index contributed by atoms with van der Waals surface area (Å²) in [6, 6.07) is 11.4. The molecule has 7 heteroatoms. The molecule has 0 atom stereocenters. The van der Waals surface area contributed by atoms with Crippen LogP contribution in [0.25, 0.3) is 0 Å². The van der Waals surface area contributed by atoms with Gasteiger partial charge in [0.1, 0.15) is 11.4 Å². The van der Waals surface area contributed by atoms with Crippen molar-refractivity contribution < 1.29 is 14.3 Å². The van der Waals surface area contributed by atoms with Gasteiger partial charge >= 0.3 is 5.97 Å². The highest BCUT2D eigenvalue weighted by Gasteiger charge is 2.16. The number of esters is 1. The number of nitrogens with one attached hydrogen (secondary N) is 2. The Morgan fingerprint density at radius 1 is 1.31 bits per heavy atom. The molecular weight excluding hydrogens is 332 g/mol. The van der Waals surface area contributed by atoms with Gasteiger partial charge in [0.25, 0.3) is 0 Å². The number of hydrogen-bond acceptors (Lipinski definition) is 6. The van der Waals surface area contributed by atoms with Gasteiger partial charge in [-0.25, -0.2) is 9.78 Å². The average molecular weight is 354 g/mol. The molecular formula is C19H22N4O3. The van der Waals surface area contributed by atoms with E-state index in [9.17, 15) is 9.59 Å². The number of carbonyl (C=O) groups is 2. The van der Waals surface area contributed by atoms with Crippen LogP contribution in [0.2, 0.25) is 0 Å². The van der Waals surface area contributed by atoms with Crippen molar-refractivity contribution in [1.29, 1.82) is 0 Å². The minimum atomic E-state index is -0.387. The van der Waals surface area contributed by atoms with Crippen molar-refractivity contribution in [2.75, 3.05) is 36.5 Å². The van der Waals surface area contributed by atoms with Gasteiger partial charge in [0, 0.05) is 31.5 Å². The van der Waals surface area contributed by atoms with Gasteiger partial charge in [0.2, 0.25) is 5.91 Å². The molecule has 0 radical (unpaired) electrons. The zero-order valence-electron chi connectivity index (χ0n) is 14.7. The second kappa shape index (κ2) is 8.33. The van der Waals surface area contributed by atoms with Gasteiger partial charge in [-0.05, 0) is 36.8 Å². The highest BCUT2D eigenvalue weighted by molar-refractivity contribution is 5.94. The number of anilines is 2. The van der Waals surface area contributed by atoms with E-state index in [2.05, 4.69) is 15.6 Å². The fourth-order valence-electron chi connectivity index (χ4n) is 2.79. The number of aromatic nitrogens is 1. The monoisotopic (exact) mass is 354 g/mol. The maximum atomic E-state index is 12.0. The molecule has 2 N–H and O–H groups in total. The molecule has 0 bridgehead atoms. The van der Waals surface area contributed by atoms with Crippen molar-refractivity contribution in [3.05, 3.63) is 53.7 Å². The first-order valence-corrected chi connectivity index (χ1v) is 8.64. The summed E-state index contributed by atoms with van der Waals surface area (Å²) in [5.74, 6) is 0.160. The molecule has 1 aliphatic heterocycles. The van der Waals surface area contributed by atoms with Crippen LogP contribution in [0.4, 0.5) is 11.5 Å². The fraction of sp³-hybridized carbons (Fsp3) is 0.316. The highest BCUT2D eigenvalue weighted by Crippen LogP contribution is 2.18. The molecule has 1 aromatic heterocycles. The van der Waals surface area contributed by atoms with Crippen molar-refractivity contribution >= 4 is 23.4 Å². The summed E-state index contributed by atoms with van der Waals surface area (Å²) in [7, 11) is 0. The first kappa shape index (κ1) is 17.7. The van der Waals surface area contributed by atoms with E-state index in [1.165, 1.54) is 0 Å². The zero-order valence-corrected chi connectivity index (χ0v) is 14.7. The Labute approximate surface area is 152 Å². The number of amides is 1. The Bertz CT molecular complexity index is 777. The fourth-order valence-corrected chi connectivity index (χ4v) is 2.79. The first-order chi connectivity index (χ1) is 12.7. The summed E-state index contributed by atoms with van der Waals surface area (Å²) in [4.78, 5) is 29.8. The van der Waals surface area contributed by atoms with Gasteiger partial charge in [-0.15, -0.1) is 0 Å². The van der Waals surface area contributed by atoms with Crippen molar-refractivity contribution in [1.82, 2.24) is 10.3 Å². The van der Waals surface area contributed by atoms with Crippen LogP contribution in [0, 0.1) is 0 Å².